The molecule has 0 aliphatic rings. The van der Waals surface area contributed by atoms with Crippen molar-refractivity contribution in [1.82, 2.24) is 9.97 Å². The maximum Gasteiger partial charge on any atom is 0.261 e. The molecule has 0 aliphatic carbocycles. The van der Waals surface area contributed by atoms with Crippen LogP contribution in [0.2, 0.25) is 10.0 Å². The maximum atomic E-state index is 12.6. The Morgan fingerprint density at radius 2 is 1.67 bits per heavy atom. The third kappa shape index (κ3) is 3.64. The van der Waals surface area contributed by atoms with Gasteiger partial charge in [-0.3, -0.25) is 4.72 Å². The van der Waals surface area contributed by atoms with E-state index in [4.69, 9.17) is 23.2 Å². The maximum absolute atomic E-state index is 12.6. The lowest BCUT2D eigenvalue weighted by molar-refractivity contribution is 0.601. The van der Waals surface area contributed by atoms with Gasteiger partial charge in [0.25, 0.3) is 10.0 Å². The molecule has 0 amide bonds. The molecule has 27 heavy (non-hydrogen) atoms. The fourth-order valence-corrected chi connectivity index (χ4v) is 4.25. The Bertz CT molecular complexity index is 1200. The first-order valence-corrected chi connectivity index (χ1v) is 10.2. The highest BCUT2D eigenvalue weighted by Gasteiger charge is 2.16. The van der Waals surface area contributed by atoms with Gasteiger partial charge >= 0.3 is 0 Å². The van der Waals surface area contributed by atoms with E-state index < -0.39 is 10.0 Å². The SMILES string of the molecule is O=S(=O)(Nc1ccc(Cl)cc1Cl)c1ccc(-c2nc3ccccc3[nH]2)cc1. The van der Waals surface area contributed by atoms with Gasteiger partial charge < -0.3 is 4.98 Å². The molecule has 0 bridgehead atoms. The number of imidazole rings is 1. The van der Waals surface area contributed by atoms with Gasteiger partial charge in [-0.15, -0.1) is 0 Å². The Hall–Kier alpha value is -2.54. The summed E-state index contributed by atoms with van der Waals surface area (Å²) in [7, 11) is -3.78. The fourth-order valence-electron chi connectivity index (χ4n) is 2.66. The highest BCUT2D eigenvalue weighted by atomic mass is 35.5. The van der Waals surface area contributed by atoms with Gasteiger partial charge in [0, 0.05) is 10.6 Å². The predicted octanol–water partition coefficient (Wildman–Crippen LogP) is 5.34. The molecule has 136 valence electrons. The quantitative estimate of drug-likeness (QED) is 0.470. The third-order valence-corrected chi connectivity index (χ3v) is 5.93. The second kappa shape index (κ2) is 6.88. The minimum atomic E-state index is -3.78. The number of halogens is 2. The van der Waals surface area contributed by atoms with E-state index in [1.54, 1.807) is 18.2 Å². The molecule has 0 unspecified atom stereocenters. The lowest BCUT2D eigenvalue weighted by Gasteiger charge is -2.10. The van der Waals surface area contributed by atoms with Crippen molar-refractivity contribution >= 4 is 49.9 Å². The van der Waals surface area contributed by atoms with Gasteiger partial charge in [-0.05, 0) is 54.6 Å². The van der Waals surface area contributed by atoms with Gasteiger partial charge in [0.05, 0.1) is 26.6 Å². The van der Waals surface area contributed by atoms with Gasteiger partial charge in [-0.1, -0.05) is 35.3 Å². The van der Waals surface area contributed by atoms with Crippen LogP contribution in [0.3, 0.4) is 0 Å². The van der Waals surface area contributed by atoms with E-state index >= 15 is 0 Å². The zero-order chi connectivity index (χ0) is 19.0. The summed E-state index contributed by atoms with van der Waals surface area (Å²) in [6.45, 7) is 0. The summed E-state index contributed by atoms with van der Waals surface area (Å²) >= 11 is 11.9. The van der Waals surface area contributed by atoms with E-state index in [2.05, 4.69) is 14.7 Å². The number of hydrogen-bond acceptors (Lipinski definition) is 3. The third-order valence-electron chi connectivity index (χ3n) is 4.00. The Balaban J connectivity index is 1.62. The number of para-hydroxylation sites is 2. The average Bonchev–Trinajstić information content (AvgIpc) is 3.08. The Morgan fingerprint density at radius 3 is 2.37 bits per heavy atom. The Morgan fingerprint density at radius 1 is 0.926 bits per heavy atom. The van der Waals surface area contributed by atoms with Crippen molar-refractivity contribution in [2.45, 2.75) is 4.90 Å². The van der Waals surface area contributed by atoms with Crippen LogP contribution in [-0.4, -0.2) is 18.4 Å². The van der Waals surface area contributed by atoms with Gasteiger partial charge in [-0.2, -0.15) is 0 Å². The van der Waals surface area contributed by atoms with Crippen molar-refractivity contribution in [2.24, 2.45) is 0 Å². The predicted molar refractivity (Wildman–Crippen MR) is 109 cm³/mol. The molecule has 4 aromatic rings. The molecule has 2 N–H and O–H groups in total. The molecule has 1 aromatic heterocycles. The zero-order valence-corrected chi connectivity index (χ0v) is 16.1. The summed E-state index contributed by atoms with van der Waals surface area (Å²) in [5, 5.41) is 0.656. The molecule has 1 heterocycles. The summed E-state index contributed by atoms with van der Waals surface area (Å²) < 4.78 is 27.7. The first-order valence-electron chi connectivity index (χ1n) is 7.95. The fraction of sp³-hybridized carbons (Fsp3) is 0. The molecule has 0 spiro atoms. The van der Waals surface area contributed by atoms with Gasteiger partial charge in [0.15, 0.2) is 0 Å². The normalized spacial score (nSPS) is 11.6. The summed E-state index contributed by atoms with van der Waals surface area (Å²) in [6.07, 6.45) is 0. The average molecular weight is 418 g/mol. The minimum absolute atomic E-state index is 0.119. The number of sulfonamides is 1. The van der Waals surface area contributed by atoms with Crippen LogP contribution in [0.1, 0.15) is 0 Å². The summed E-state index contributed by atoms with van der Waals surface area (Å²) in [4.78, 5) is 7.85. The van der Waals surface area contributed by atoms with Crippen LogP contribution in [0.15, 0.2) is 71.6 Å². The monoisotopic (exact) mass is 417 g/mol. The zero-order valence-electron chi connectivity index (χ0n) is 13.8. The molecule has 0 aliphatic heterocycles. The van der Waals surface area contributed by atoms with Crippen LogP contribution in [-0.2, 0) is 10.0 Å². The van der Waals surface area contributed by atoms with E-state index in [1.165, 1.54) is 24.3 Å². The summed E-state index contributed by atoms with van der Waals surface area (Å²) in [6, 6.07) is 18.7. The topological polar surface area (TPSA) is 74.8 Å². The van der Waals surface area contributed by atoms with Crippen LogP contribution in [0.4, 0.5) is 5.69 Å². The summed E-state index contributed by atoms with van der Waals surface area (Å²) in [5.74, 6) is 0.675. The van der Waals surface area contributed by atoms with Crippen molar-refractivity contribution in [3.8, 4) is 11.4 Å². The van der Waals surface area contributed by atoms with Crippen molar-refractivity contribution in [1.29, 1.82) is 0 Å². The van der Waals surface area contributed by atoms with Crippen molar-refractivity contribution in [2.75, 3.05) is 4.72 Å². The first-order chi connectivity index (χ1) is 12.9. The van der Waals surface area contributed by atoms with E-state index in [0.717, 1.165) is 16.6 Å². The number of aromatic amines is 1. The van der Waals surface area contributed by atoms with Crippen LogP contribution in [0.25, 0.3) is 22.4 Å². The number of aromatic nitrogens is 2. The van der Waals surface area contributed by atoms with Crippen molar-refractivity contribution < 1.29 is 8.42 Å². The van der Waals surface area contributed by atoms with Gasteiger partial charge in [-0.25, -0.2) is 13.4 Å². The molecule has 3 aromatic carbocycles. The van der Waals surface area contributed by atoms with Crippen molar-refractivity contribution in [3.63, 3.8) is 0 Å². The number of hydrogen-bond donors (Lipinski definition) is 2. The van der Waals surface area contributed by atoms with E-state index in [-0.39, 0.29) is 15.6 Å². The molecule has 0 saturated carbocycles. The minimum Gasteiger partial charge on any atom is -0.338 e. The lowest BCUT2D eigenvalue weighted by Crippen LogP contribution is -2.13. The number of H-pyrrole nitrogens is 1. The number of benzene rings is 3. The highest BCUT2D eigenvalue weighted by molar-refractivity contribution is 7.92. The molecule has 4 rings (SSSR count). The van der Waals surface area contributed by atoms with Crippen LogP contribution in [0, 0.1) is 0 Å². The van der Waals surface area contributed by atoms with E-state index in [1.807, 2.05) is 24.3 Å². The van der Waals surface area contributed by atoms with Gasteiger partial charge in [0.1, 0.15) is 5.82 Å². The van der Waals surface area contributed by atoms with Crippen LogP contribution < -0.4 is 4.72 Å². The van der Waals surface area contributed by atoms with Gasteiger partial charge in [0.2, 0.25) is 0 Å². The number of anilines is 1. The van der Waals surface area contributed by atoms with Crippen LogP contribution >= 0.6 is 23.2 Å². The second-order valence-electron chi connectivity index (χ2n) is 5.86. The molecular formula is C19H13Cl2N3O2S. The highest BCUT2D eigenvalue weighted by Crippen LogP contribution is 2.28. The van der Waals surface area contributed by atoms with E-state index in [9.17, 15) is 8.42 Å². The Labute approximate surface area is 166 Å². The molecule has 0 atom stereocenters. The summed E-state index contributed by atoms with van der Waals surface area (Å²) in [5.41, 5.74) is 2.82. The van der Waals surface area contributed by atoms with Crippen LogP contribution in [0.5, 0.6) is 0 Å². The second-order valence-corrected chi connectivity index (χ2v) is 8.38. The molecular weight excluding hydrogens is 405 g/mol. The smallest absolute Gasteiger partial charge is 0.261 e. The van der Waals surface area contributed by atoms with E-state index in [0.29, 0.717) is 10.8 Å². The molecule has 0 fully saturated rings. The number of nitrogens with zero attached hydrogens (tertiary/aromatic N) is 1. The molecule has 5 nitrogen and oxygen atoms in total. The Kier molecular flexibility index (Phi) is 4.55. The number of fused-ring (bicyclic) bond motifs is 1. The number of rotatable bonds is 4. The van der Waals surface area contributed by atoms with Crippen molar-refractivity contribution in [3.05, 3.63) is 76.8 Å². The molecule has 0 radical (unpaired) electrons. The largest absolute Gasteiger partial charge is 0.338 e. The standard InChI is InChI=1S/C19H13Cl2N3O2S/c20-13-7-10-16(15(21)11-13)24-27(25,26)14-8-5-12(6-9-14)19-22-17-3-1-2-4-18(17)23-19/h1-11,24H,(H,22,23). The first kappa shape index (κ1) is 17.9. The number of nitrogens with one attached hydrogen (secondary N) is 2. The molecule has 0 saturated heterocycles. The molecule has 8 heteroatoms. The lowest BCUT2D eigenvalue weighted by atomic mass is 10.2.